The maximum atomic E-state index is 13.0. The lowest BCUT2D eigenvalue weighted by atomic mass is 9.99. The van der Waals surface area contributed by atoms with Crippen LogP contribution in [0.15, 0.2) is 0 Å². The van der Waals surface area contributed by atoms with Crippen LogP contribution in [0.1, 0.15) is 306 Å². The summed E-state index contributed by atoms with van der Waals surface area (Å²) in [5, 5.41) is 10.5. The summed E-state index contributed by atoms with van der Waals surface area (Å²) in [4.78, 5) is 72.2. The zero-order chi connectivity index (χ0) is 61.8. The van der Waals surface area contributed by atoms with Crippen molar-refractivity contribution < 1.29 is 80.2 Å². The average Bonchev–Trinajstić information content (AvgIpc) is 3.48. The Kier molecular flexibility index (Phi) is 53.0. The fraction of sp³-hybridized carbons (Fsp3) is 0.938. The van der Waals surface area contributed by atoms with E-state index in [2.05, 4.69) is 55.4 Å². The number of unbranched alkanes of at least 4 members (excludes halogenated alkanes) is 24. The van der Waals surface area contributed by atoms with E-state index in [4.69, 9.17) is 37.0 Å². The van der Waals surface area contributed by atoms with Gasteiger partial charge < -0.3 is 33.8 Å². The Labute approximate surface area is 505 Å². The number of hydrogen-bond donors (Lipinski definition) is 3. The molecule has 0 aromatic heterocycles. The van der Waals surface area contributed by atoms with Crippen molar-refractivity contribution in [3.63, 3.8) is 0 Å². The SMILES string of the molecule is CCC(C)CCCCCCCCCCC(=O)OC[C@H](COP(=O)(O)OC[C@@H](O)COP(=O)(O)OC[C@@H](COC(=O)CCCCCCCCC(C)CC)OC(=O)CCCCCCCCC(C)C)OC(=O)CCCCCCCCCCC(C)CC. The van der Waals surface area contributed by atoms with Crippen molar-refractivity contribution in [2.45, 2.75) is 324 Å². The van der Waals surface area contributed by atoms with Crippen LogP contribution < -0.4 is 0 Å². The Balaban J connectivity index is 5.26. The quantitative estimate of drug-likeness (QED) is 0.0222. The monoisotopic (exact) mass is 1230 g/mol. The number of phosphoric ester groups is 2. The van der Waals surface area contributed by atoms with Crippen LogP contribution >= 0.6 is 15.6 Å². The second kappa shape index (κ2) is 54.2. The van der Waals surface area contributed by atoms with Gasteiger partial charge in [-0.1, -0.05) is 254 Å². The molecule has 19 heteroatoms. The fourth-order valence-corrected chi connectivity index (χ4v) is 10.9. The number of hydrogen-bond acceptors (Lipinski definition) is 15. The molecule has 0 saturated carbocycles. The van der Waals surface area contributed by atoms with Gasteiger partial charge in [0.15, 0.2) is 12.2 Å². The molecule has 0 aliphatic heterocycles. The third-order valence-corrected chi connectivity index (χ3v) is 17.6. The van der Waals surface area contributed by atoms with E-state index in [9.17, 15) is 43.2 Å². The molecule has 492 valence electrons. The van der Waals surface area contributed by atoms with Gasteiger partial charge in [0.25, 0.3) is 0 Å². The van der Waals surface area contributed by atoms with Gasteiger partial charge in [0, 0.05) is 25.7 Å². The summed E-state index contributed by atoms with van der Waals surface area (Å²) >= 11 is 0. The number of esters is 4. The molecule has 0 radical (unpaired) electrons. The van der Waals surface area contributed by atoms with Crippen molar-refractivity contribution >= 4 is 39.5 Å². The third kappa shape index (κ3) is 55.1. The summed E-state index contributed by atoms with van der Waals surface area (Å²) in [5.74, 6) is 0.803. The molecule has 5 unspecified atom stereocenters. The van der Waals surface area contributed by atoms with Gasteiger partial charge in [-0.05, 0) is 49.4 Å². The lowest BCUT2D eigenvalue weighted by Gasteiger charge is -2.21. The molecule has 3 N–H and O–H groups in total. The lowest BCUT2D eigenvalue weighted by Crippen LogP contribution is -2.30. The molecule has 17 nitrogen and oxygen atoms in total. The molecule has 0 aromatic carbocycles. The molecule has 0 amide bonds. The molecule has 0 rings (SSSR count). The maximum absolute atomic E-state index is 13.0. The van der Waals surface area contributed by atoms with Crippen molar-refractivity contribution in [2.75, 3.05) is 39.6 Å². The molecule has 0 spiro atoms. The summed E-state index contributed by atoms with van der Waals surface area (Å²) in [7, 11) is -9.89. The number of phosphoric acid groups is 2. The van der Waals surface area contributed by atoms with Crippen LogP contribution in [0.5, 0.6) is 0 Å². The summed E-state index contributed by atoms with van der Waals surface area (Å²) in [6, 6.07) is 0. The van der Waals surface area contributed by atoms with Crippen LogP contribution in [-0.2, 0) is 65.4 Å². The van der Waals surface area contributed by atoms with E-state index in [1.54, 1.807) is 0 Å². The minimum Gasteiger partial charge on any atom is -0.462 e. The summed E-state index contributed by atoms with van der Waals surface area (Å²) in [6.07, 6.45) is 33.5. The maximum Gasteiger partial charge on any atom is 0.472 e. The molecule has 8 atom stereocenters. The normalized spacial score (nSPS) is 15.4. The Morgan fingerprint density at radius 2 is 0.578 bits per heavy atom. The van der Waals surface area contributed by atoms with E-state index >= 15 is 0 Å². The average molecular weight is 1230 g/mol. The van der Waals surface area contributed by atoms with Crippen molar-refractivity contribution in [3.8, 4) is 0 Å². The van der Waals surface area contributed by atoms with Gasteiger partial charge in [0.2, 0.25) is 0 Å². The molecule has 0 fully saturated rings. The van der Waals surface area contributed by atoms with Crippen LogP contribution in [0.25, 0.3) is 0 Å². The molecule has 0 heterocycles. The van der Waals surface area contributed by atoms with Crippen molar-refractivity contribution in [2.24, 2.45) is 23.7 Å². The van der Waals surface area contributed by atoms with Gasteiger partial charge in [-0.15, -0.1) is 0 Å². The van der Waals surface area contributed by atoms with Crippen molar-refractivity contribution in [3.05, 3.63) is 0 Å². The minimum atomic E-state index is -4.95. The Hall–Kier alpha value is -1.94. The van der Waals surface area contributed by atoms with Crippen molar-refractivity contribution in [1.82, 2.24) is 0 Å². The van der Waals surface area contributed by atoms with E-state index in [-0.39, 0.29) is 25.7 Å². The minimum absolute atomic E-state index is 0.100. The number of ether oxygens (including phenoxy) is 4. The first-order valence-electron chi connectivity index (χ1n) is 33.3. The number of rotatable bonds is 61. The van der Waals surface area contributed by atoms with Crippen LogP contribution in [0, 0.1) is 23.7 Å². The van der Waals surface area contributed by atoms with Gasteiger partial charge >= 0.3 is 39.5 Å². The highest BCUT2D eigenvalue weighted by molar-refractivity contribution is 7.47. The first-order valence-corrected chi connectivity index (χ1v) is 36.3. The highest BCUT2D eigenvalue weighted by atomic mass is 31.2. The predicted octanol–water partition coefficient (Wildman–Crippen LogP) is 17.4. The van der Waals surface area contributed by atoms with Gasteiger partial charge in [-0.2, -0.15) is 0 Å². The first kappa shape index (κ1) is 81.1. The van der Waals surface area contributed by atoms with Crippen LogP contribution in [0.2, 0.25) is 0 Å². The van der Waals surface area contributed by atoms with E-state index in [0.717, 1.165) is 114 Å². The second-order valence-electron chi connectivity index (χ2n) is 24.4. The Morgan fingerprint density at radius 1 is 0.337 bits per heavy atom. The predicted molar refractivity (Wildman–Crippen MR) is 331 cm³/mol. The topological polar surface area (TPSA) is 237 Å². The fourth-order valence-electron chi connectivity index (χ4n) is 9.33. The molecule has 0 aromatic rings. The zero-order valence-corrected chi connectivity index (χ0v) is 55.6. The molecule has 0 saturated heterocycles. The van der Waals surface area contributed by atoms with Crippen LogP contribution in [-0.4, -0.2) is 96.7 Å². The van der Waals surface area contributed by atoms with E-state index in [1.165, 1.54) is 103 Å². The van der Waals surface area contributed by atoms with Crippen LogP contribution in [0.3, 0.4) is 0 Å². The van der Waals surface area contributed by atoms with Gasteiger partial charge in [0.1, 0.15) is 19.3 Å². The molecular weight excluding hydrogens is 1100 g/mol. The number of aliphatic hydroxyl groups is 1. The molecule has 0 bridgehead atoms. The zero-order valence-electron chi connectivity index (χ0n) is 53.8. The van der Waals surface area contributed by atoms with E-state index < -0.39 is 97.5 Å². The first-order chi connectivity index (χ1) is 39.7. The molecule has 0 aliphatic carbocycles. The molecule has 83 heavy (non-hydrogen) atoms. The van der Waals surface area contributed by atoms with Gasteiger partial charge in [0.05, 0.1) is 26.4 Å². The Bertz CT molecular complexity index is 1670. The number of carbonyl (C=O) groups excluding carboxylic acids is 4. The Morgan fingerprint density at radius 3 is 0.855 bits per heavy atom. The lowest BCUT2D eigenvalue weighted by molar-refractivity contribution is -0.161. The smallest absolute Gasteiger partial charge is 0.462 e. The molecule has 0 aliphatic rings. The number of aliphatic hydroxyl groups excluding tert-OH is 1. The molecular formula is C64H124O17P2. The largest absolute Gasteiger partial charge is 0.472 e. The van der Waals surface area contributed by atoms with E-state index in [0.29, 0.717) is 31.6 Å². The summed E-state index contributed by atoms with van der Waals surface area (Å²) < 4.78 is 68.0. The standard InChI is InChI=1S/C64H124O17P2/c1-9-55(6)41-33-25-16-12-14-18-28-36-44-61(66)74-50-59(80-63(68)46-38-30-19-15-13-17-26-34-42-56(7)10-2)52-78-82(70,71)76-48-58(65)49-77-83(72,73)79-53-60(81-64(69)47-39-31-22-20-24-32-40-54(4)5)51-75-62(67)45-37-29-23-21-27-35-43-57(8)11-3/h54-60,65H,9-53H2,1-8H3,(H,70,71)(H,72,73)/t55?,56?,57?,58-,59-,60-/m1/s1. The highest BCUT2D eigenvalue weighted by Crippen LogP contribution is 2.45. The number of carbonyl (C=O) groups is 4. The van der Waals surface area contributed by atoms with Gasteiger partial charge in [-0.3, -0.25) is 37.3 Å². The van der Waals surface area contributed by atoms with Crippen LogP contribution in [0.4, 0.5) is 0 Å². The van der Waals surface area contributed by atoms with E-state index in [1.807, 2.05) is 0 Å². The van der Waals surface area contributed by atoms with Crippen molar-refractivity contribution in [1.29, 1.82) is 0 Å². The second-order valence-corrected chi connectivity index (χ2v) is 27.3. The summed E-state index contributed by atoms with van der Waals surface area (Å²) in [5.41, 5.74) is 0. The van der Waals surface area contributed by atoms with Gasteiger partial charge in [-0.25, -0.2) is 9.13 Å². The summed E-state index contributed by atoms with van der Waals surface area (Å²) in [6.45, 7) is 14.0. The highest BCUT2D eigenvalue weighted by Gasteiger charge is 2.30. The third-order valence-electron chi connectivity index (χ3n) is 15.7.